The van der Waals surface area contributed by atoms with E-state index < -0.39 is 5.97 Å². The van der Waals surface area contributed by atoms with Gasteiger partial charge in [0.05, 0.1) is 0 Å². The van der Waals surface area contributed by atoms with Gasteiger partial charge in [-0.25, -0.2) is 0 Å². The van der Waals surface area contributed by atoms with Crippen LogP contribution in [0, 0.1) is 0 Å². The fourth-order valence-electron chi connectivity index (χ4n) is 0. The van der Waals surface area contributed by atoms with E-state index in [1.54, 1.807) is 0 Å². The van der Waals surface area contributed by atoms with E-state index in [4.69, 9.17) is 9.90 Å². The van der Waals surface area contributed by atoms with E-state index in [1.165, 1.54) is 0 Å². The van der Waals surface area contributed by atoms with E-state index in [2.05, 4.69) is 0 Å². The number of carboxylic acids is 1. The summed E-state index contributed by atoms with van der Waals surface area (Å²) in [6, 6.07) is 0. The van der Waals surface area contributed by atoms with Gasteiger partial charge in [-0.1, -0.05) is 0 Å². The Hall–Kier alpha value is 0.561. The van der Waals surface area contributed by atoms with E-state index in [0.29, 0.717) is 0 Å². The van der Waals surface area contributed by atoms with Crippen molar-refractivity contribution in [2.75, 3.05) is 0 Å². The van der Waals surface area contributed by atoms with Gasteiger partial charge in [0, 0.05) is 23.4 Å². The van der Waals surface area contributed by atoms with Crippen LogP contribution in [-0.4, -0.2) is 29.9 Å². The standard InChI is InChI=1S/C2H4O2.Li.Ni.H/c1-2(3)4;;;/h1H3,(H,3,4);;;. The first-order valence-electron chi connectivity index (χ1n) is 0.928. The number of hydrogen-bond acceptors (Lipinski definition) is 1. The average Bonchev–Trinajstić information content (AvgIpc) is 0.811. The van der Waals surface area contributed by atoms with E-state index in [9.17, 15) is 0 Å². The molecule has 0 aliphatic carbocycles. The number of carbonyl (C=O) groups is 1. The molecule has 0 bridgehead atoms. The minimum absolute atomic E-state index is 0. The molecule has 0 saturated carbocycles. The molecule has 2 nitrogen and oxygen atoms in total. The second-order valence-electron chi connectivity index (χ2n) is 0.519. The molecule has 4 heteroatoms. The molecule has 0 aromatic heterocycles. The third kappa shape index (κ3) is 184. The SMILES string of the molecule is CC(=O)O.[LiH].[Ni]. The molecule has 0 spiro atoms. The van der Waals surface area contributed by atoms with Crippen molar-refractivity contribution in [3.8, 4) is 0 Å². The third-order valence-corrected chi connectivity index (χ3v) is 0. The van der Waals surface area contributed by atoms with Crippen LogP contribution in [0.15, 0.2) is 0 Å². The van der Waals surface area contributed by atoms with Gasteiger partial charge in [-0.05, 0) is 0 Å². The Morgan fingerprint density at radius 2 is 1.67 bits per heavy atom. The van der Waals surface area contributed by atoms with Crippen LogP contribution in [0.4, 0.5) is 0 Å². The Balaban J connectivity index is -0.0000000450. The topological polar surface area (TPSA) is 37.3 Å². The predicted molar refractivity (Wildman–Crippen MR) is 20.5 cm³/mol. The molecule has 0 fully saturated rings. The largest absolute Gasteiger partial charge is 0 e. The summed E-state index contributed by atoms with van der Waals surface area (Å²) in [7, 11) is 0. The van der Waals surface area contributed by atoms with Crippen molar-refractivity contribution in [2.24, 2.45) is 0 Å². The summed E-state index contributed by atoms with van der Waals surface area (Å²) in [5.74, 6) is -0.833. The summed E-state index contributed by atoms with van der Waals surface area (Å²) in [5, 5.41) is 7.42. The summed E-state index contributed by atoms with van der Waals surface area (Å²) in [6.07, 6.45) is 0. The Bertz CT molecular complexity index is 34.5. The van der Waals surface area contributed by atoms with Gasteiger partial charge in [-0.15, -0.1) is 0 Å². The van der Waals surface area contributed by atoms with E-state index in [1.807, 2.05) is 0 Å². The average molecular weight is 127 g/mol. The maximum atomic E-state index is 9.00. The molecule has 0 aliphatic rings. The number of rotatable bonds is 0. The molecule has 0 saturated heterocycles. The summed E-state index contributed by atoms with van der Waals surface area (Å²) in [6.45, 7) is 1.08. The first kappa shape index (κ1) is 16.0. The van der Waals surface area contributed by atoms with Crippen LogP contribution in [0.1, 0.15) is 6.92 Å². The normalized spacial score (nSPS) is 4.17. The van der Waals surface area contributed by atoms with Gasteiger partial charge in [0.15, 0.2) is 0 Å². The minimum atomic E-state index is -0.833. The second kappa shape index (κ2) is 9.12. The second-order valence-corrected chi connectivity index (χ2v) is 0.519. The molecule has 0 unspecified atom stereocenters. The molecule has 0 aromatic carbocycles. The van der Waals surface area contributed by atoms with Gasteiger partial charge in [-0.2, -0.15) is 0 Å². The van der Waals surface area contributed by atoms with E-state index in [-0.39, 0.29) is 35.4 Å². The van der Waals surface area contributed by atoms with Gasteiger partial charge < -0.3 is 5.11 Å². The Kier molecular flexibility index (Phi) is 24.3. The molecule has 0 rings (SSSR count). The van der Waals surface area contributed by atoms with Crippen LogP contribution in [-0.2, 0) is 21.3 Å². The van der Waals surface area contributed by atoms with E-state index >= 15 is 0 Å². The zero-order valence-electron chi connectivity index (χ0n) is 2.67. The Morgan fingerprint density at radius 3 is 1.67 bits per heavy atom. The summed E-state index contributed by atoms with van der Waals surface area (Å²) >= 11 is 0. The molecular formula is C2H5LiNiO2. The molecule has 0 radical (unpaired) electrons. The number of hydrogen-bond donors (Lipinski definition) is 1. The van der Waals surface area contributed by atoms with Gasteiger partial charge in [0.1, 0.15) is 0 Å². The van der Waals surface area contributed by atoms with Gasteiger partial charge in [0.2, 0.25) is 0 Å². The van der Waals surface area contributed by atoms with Crippen LogP contribution >= 0.6 is 0 Å². The van der Waals surface area contributed by atoms with Crippen LogP contribution < -0.4 is 0 Å². The summed E-state index contributed by atoms with van der Waals surface area (Å²) < 4.78 is 0. The first-order chi connectivity index (χ1) is 1.73. The van der Waals surface area contributed by atoms with Gasteiger partial charge >= 0.3 is 18.9 Å². The van der Waals surface area contributed by atoms with Crippen molar-refractivity contribution < 1.29 is 26.4 Å². The fourth-order valence-corrected chi connectivity index (χ4v) is 0. The molecular weight excluding hydrogens is 122 g/mol. The summed E-state index contributed by atoms with van der Waals surface area (Å²) in [4.78, 5) is 9.00. The summed E-state index contributed by atoms with van der Waals surface area (Å²) in [5.41, 5.74) is 0. The van der Waals surface area contributed by atoms with E-state index in [0.717, 1.165) is 6.92 Å². The third-order valence-electron chi connectivity index (χ3n) is 0. The van der Waals surface area contributed by atoms with Crippen molar-refractivity contribution in [3.63, 3.8) is 0 Å². The molecule has 0 heterocycles. The Morgan fingerprint density at radius 1 is 1.67 bits per heavy atom. The molecule has 0 aliphatic heterocycles. The van der Waals surface area contributed by atoms with Crippen molar-refractivity contribution in [1.29, 1.82) is 0 Å². The number of carboxylic acid groups (broad SMARTS) is 1. The van der Waals surface area contributed by atoms with Crippen LogP contribution in [0.3, 0.4) is 0 Å². The van der Waals surface area contributed by atoms with Crippen LogP contribution in [0.2, 0.25) is 0 Å². The predicted octanol–water partition coefficient (Wildman–Crippen LogP) is -0.560. The zero-order valence-corrected chi connectivity index (χ0v) is 3.66. The smallest absolute Gasteiger partial charge is 0 e. The molecule has 0 atom stereocenters. The maximum Gasteiger partial charge on any atom is 0 e. The maximum absolute atomic E-state index is 9.00. The van der Waals surface area contributed by atoms with Crippen LogP contribution in [0.25, 0.3) is 0 Å². The molecule has 0 amide bonds. The molecule has 1 N–H and O–H groups in total. The van der Waals surface area contributed by atoms with Gasteiger partial charge in [-0.3, -0.25) is 4.79 Å². The minimum Gasteiger partial charge on any atom is 0 e. The number of aliphatic carboxylic acids is 1. The fraction of sp³-hybridized carbons (Fsp3) is 0.500. The Labute approximate surface area is 58.4 Å². The quantitative estimate of drug-likeness (QED) is 0.442. The van der Waals surface area contributed by atoms with Crippen molar-refractivity contribution >= 4 is 24.8 Å². The molecule has 0 aromatic rings. The molecule has 6 heavy (non-hydrogen) atoms. The zero-order chi connectivity index (χ0) is 3.58. The first-order valence-corrected chi connectivity index (χ1v) is 0.928. The van der Waals surface area contributed by atoms with Crippen molar-refractivity contribution in [1.82, 2.24) is 0 Å². The van der Waals surface area contributed by atoms with Crippen molar-refractivity contribution in [3.05, 3.63) is 0 Å². The van der Waals surface area contributed by atoms with Gasteiger partial charge in [0.25, 0.3) is 5.97 Å². The van der Waals surface area contributed by atoms with Crippen molar-refractivity contribution in [2.45, 2.75) is 6.92 Å². The monoisotopic (exact) mass is 126 g/mol. The van der Waals surface area contributed by atoms with Crippen LogP contribution in [0.5, 0.6) is 0 Å². The molecule has 36 valence electrons.